The lowest BCUT2D eigenvalue weighted by atomic mass is 10.1. The van der Waals surface area contributed by atoms with Crippen molar-refractivity contribution in [3.8, 4) is 0 Å². The highest BCUT2D eigenvalue weighted by atomic mass is 19.4. The van der Waals surface area contributed by atoms with Gasteiger partial charge in [-0.1, -0.05) is 0 Å². The zero-order chi connectivity index (χ0) is 15.9. The number of benzene rings is 1. The van der Waals surface area contributed by atoms with Crippen LogP contribution in [-0.2, 0) is 6.18 Å². The number of anilines is 2. The first-order valence-corrected chi connectivity index (χ1v) is 6.86. The van der Waals surface area contributed by atoms with Crippen molar-refractivity contribution in [2.45, 2.75) is 6.18 Å². The van der Waals surface area contributed by atoms with E-state index in [1.807, 2.05) is 36.3 Å². The quantitative estimate of drug-likeness (QED) is 0.832. The van der Waals surface area contributed by atoms with E-state index >= 15 is 0 Å². The monoisotopic (exact) mass is 310 g/mol. The third-order valence-corrected chi connectivity index (χ3v) is 3.65. The Morgan fingerprint density at radius 2 is 1.23 bits per heavy atom. The summed E-state index contributed by atoms with van der Waals surface area (Å²) in [5.74, 6) is 0. The Kier molecular flexibility index (Phi) is 3.42. The van der Waals surface area contributed by atoms with Gasteiger partial charge in [0.2, 0.25) is 0 Å². The number of hydrogen-bond donors (Lipinski definition) is 0. The number of alkyl halides is 3. The van der Waals surface area contributed by atoms with Gasteiger partial charge in [0.1, 0.15) is 0 Å². The maximum atomic E-state index is 13.2. The molecule has 0 saturated carbocycles. The van der Waals surface area contributed by atoms with Crippen LogP contribution in [0.3, 0.4) is 0 Å². The third kappa shape index (κ3) is 2.84. The molecule has 7 heteroatoms. The van der Waals surface area contributed by atoms with Gasteiger partial charge in [0.15, 0.2) is 0 Å². The molecule has 0 unspecified atom stereocenters. The predicted molar refractivity (Wildman–Crippen MR) is 79.9 cm³/mol. The first-order valence-electron chi connectivity index (χ1n) is 6.86. The Hall–Kier alpha value is -2.31. The Balaban J connectivity index is 1.99. The van der Waals surface area contributed by atoms with Gasteiger partial charge in [0.05, 0.1) is 18.9 Å². The van der Waals surface area contributed by atoms with Crippen molar-refractivity contribution in [1.29, 1.82) is 0 Å². The van der Waals surface area contributed by atoms with Gasteiger partial charge < -0.3 is 19.6 Å². The van der Waals surface area contributed by atoms with Gasteiger partial charge in [-0.3, -0.25) is 0 Å². The van der Waals surface area contributed by atoms with E-state index in [9.17, 15) is 13.2 Å². The zero-order valence-corrected chi connectivity index (χ0v) is 12.4. The summed E-state index contributed by atoms with van der Waals surface area (Å²) in [4.78, 5) is 7.40. The predicted octanol–water partition coefficient (Wildman–Crippen LogP) is 3.07. The van der Waals surface area contributed by atoms with Gasteiger partial charge in [-0.2, -0.15) is 13.2 Å². The van der Waals surface area contributed by atoms with Crippen LogP contribution in [0.1, 0.15) is 5.56 Å². The molecule has 2 heterocycles. The summed E-state index contributed by atoms with van der Waals surface area (Å²) in [7, 11) is 3.76. The standard InChI is InChI=1S/C15H17F3N4/c1-19-3-5-21(10-19)13-7-12(15(16,17)18)8-14(9-13)22-6-4-20(2)11-22/h3-9H,10-11H2,1-2H3. The molecule has 3 rings (SSSR count). The van der Waals surface area contributed by atoms with Crippen LogP contribution in [0.2, 0.25) is 0 Å². The molecule has 2 aliphatic rings. The van der Waals surface area contributed by atoms with Crippen LogP contribution in [0, 0.1) is 0 Å². The summed E-state index contributed by atoms with van der Waals surface area (Å²) >= 11 is 0. The van der Waals surface area contributed by atoms with Crippen molar-refractivity contribution in [3.05, 3.63) is 48.6 Å². The van der Waals surface area contributed by atoms with Gasteiger partial charge in [0, 0.05) is 50.3 Å². The molecule has 118 valence electrons. The van der Waals surface area contributed by atoms with E-state index in [4.69, 9.17) is 0 Å². The van der Waals surface area contributed by atoms with Crippen LogP contribution < -0.4 is 9.80 Å². The molecule has 1 aromatic carbocycles. The molecule has 0 N–H and O–H groups in total. The summed E-state index contributed by atoms with van der Waals surface area (Å²) in [5.41, 5.74) is 0.438. The average Bonchev–Trinajstić information content (AvgIpc) is 3.06. The molecule has 4 nitrogen and oxygen atoms in total. The van der Waals surface area contributed by atoms with Crippen molar-refractivity contribution in [3.63, 3.8) is 0 Å². The van der Waals surface area contributed by atoms with Crippen LogP contribution in [0.4, 0.5) is 24.5 Å². The van der Waals surface area contributed by atoms with Crippen LogP contribution in [0.15, 0.2) is 43.0 Å². The largest absolute Gasteiger partial charge is 0.416 e. The molecule has 0 radical (unpaired) electrons. The highest BCUT2D eigenvalue weighted by Crippen LogP contribution is 2.36. The molecule has 1 aromatic rings. The zero-order valence-electron chi connectivity index (χ0n) is 12.4. The Labute approximate surface area is 127 Å². The van der Waals surface area contributed by atoms with Crippen molar-refractivity contribution in [2.75, 3.05) is 37.2 Å². The Bertz CT molecular complexity index is 579. The van der Waals surface area contributed by atoms with E-state index in [0.29, 0.717) is 24.7 Å². The topological polar surface area (TPSA) is 13.0 Å². The van der Waals surface area contributed by atoms with E-state index in [1.54, 1.807) is 28.3 Å². The van der Waals surface area contributed by atoms with Crippen molar-refractivity contribution in [1.82, 2.24) is 9.80 Å². The summed E-state index contributed by atoms with van der Waals surface area (Å²) < 4.78 is 39.5. The van der Waals surface area contributed by atoms with Crippen LogP contribution in [0.5, 0.6) is 0 Å². The van der Waals surface area contributed by atoms with E-state index < -0.39 is 11.7 Å². The van der Waals surface area contributed by atoms with Gasteiger partial charge >= 0.3 is 6.18 Å². The molecule has 0 aliphatic carbocycles. The first-order chi connectivity index (χ1) is 10.3. The molecular weight excluding hydrogens is 293 g/mol. The normalized spacial score (nSPS) is 18.0. The minimum atomic E-state index is -4.37. The maximum absolute atomic E-state index is 13.2. The molecule has 0 bridgehead atoms. The smallest absolute Gasteiger partial charge is 0.361 e. The molecular formula is C15H17F3N4. The summed E-state index contributed by atoms with van der Waals surface area (Å²) in [6.07, 6.45) is 2.87. The van der Waals surface area contributed by atoms with E-state index in [2.05, 4.69) is 0 Å². The fraction of sp³-hybridized carbons (Fsp3) is 0.333. The molecule has 2 aliphatic heterocycles. The molecule has 22 heavy (non-hydrogen) atoms. The molecule has 0 fully saturated rings. The van der Waals surface area contributed by atoms with Gasteiger partial charge in [0.25, 0.3) is 0 Å². The molecule has 0 spiro atoms. The van der Waals surface area contributed by atoms with Crippen LogP contribution in [-0.4, -0.2) is 37.2 Å². The molecule has 0 aromatic heterocycles. The van der Waals surface area contributed by atoms with Crippen molar-refractivity contribution in [2.24, 2.45) is 0 Å². The van der Waals surface area contributed by atoms with E-state index in [0.717, 1.165) is 0 Å². The summed E-state index contributed by atoms with van der Waals surface area (Å²) in [6.45, 7) is 1.08. The Morgan fingerprint density at radius 1 is 0.773 bits per heavy atom. The second-order valence-electron chi connectivity index (χ2n) is 5.57. The number of halogens is 3. The lowest BCUT2D eigenvalue weighted by Crippen LogP contribution is -2.24. The fourth-order valence-corrected chi connectivity index (χ4v) is 2.48. The van der Waals surface area contributed by atoms with Crippen LogP contribution >= 0.6 is 0 Å². The third-order valence-electron chi connectivity index (χ3n) is 3.65. The molecule has 0 saturated heterocycles. The molecule has 0 atom stereocenters. The summed E-state index contributed by atoms with van der Waals surface area (Å²) in [5, 5.41) is 0. The van der Waals surface area contributed by atoms with Crippen molar-refractivity contribution >= 4 is 11.4 Å². The number of rotatable bonds is 2. The SMILES string of the molecule is CN1C=CN(c2cc(N3C=CN(C)C3)cc(C(F)(F)F)c2)C1. The first kappa shape index (κ1) is 14.6. The minimum absolute atomic E-state index is 0.536. The van der Waals surface area contributed by atoms with Gasteiger partial charge in [-0.05, 0) is 18.2 Å². The van der Waals surface area contributed by atoms with E-state index in [1.165, 1.54) is 12.1 Å². The highest BCUT2D eigenvalue weighted by Gasteiger charge is 2.32. The maximum Gasteiger partial charge on any atom is 0.416 e. The van der Waals surface area contributed by atoms with E-state index in [-0.39, 0.29) is 0 Å². The lowest BCUT2D eigenvalue weighted by molar-refractivity contribution is -0.137. The second-order valence-corrected chi connectivity index (χ2v) is 5.57. The van der Waals surface area contributed by atoms with Gasteiger partial charge in [-0.25, -0.2) is 0 Å². The highest BCUT2D eigenvalue weighted by molar-refractivity contribution is 5.65. The minimum Gasteiger partial charge on any atom is -0.361 e. The lowest BCUT2D eigenvalue weighted by Gasteiger charge is -2.24. The summed E-state index contributed by atoms with van der Waals surface area (Å²) in [6, 6.07) is 4.16. The number of hydrogen-bond acceptors (Lipinski definition) is 4. The fourth-order valence-electron chi connectivity index (χ4n) is 2.48. The van der Waals surface area contributed by atoms with Gasteiger partial charge in [-0.15, -0.1) is 0 Å². The average molecular weight is 310 g/mol. The number of nitrogens with zero attached hydrogens (tertiary/aromatic N) is 4. The molecule has 0 amide bonds. The van der Waals surface area contributed by atoms with Crippen molar-refractivity contribution < 1.29 is 13.2 Å². The second kappa shape index (κ2) is 5.15. The Morgan fingerprint density at radius 3 is 1.55 bits per heavy atom. The van der Waals surface area contributed by atoms with Crippen LogP contribution in [0.25, 0.3) is 0 Å².